The Hall–Kier alpha value is -2.65. The van der Waals surface area contributed by atoms with Crippen molar-refractivity contribution in [3.05, 3.63) is 36.8 Å². The lowest BCUT2D eigenvalue weighted by Crippen LogP contribution is -2.49. The van der Waals surface area contributed by atoms with E-state index in [2.05, 4.69) is 41.2 Å². The van der Waals surface area contributed by atoms with Crippen LogP contribution >= 0.6 is 0 Å². The van der Waals surface area contributed by atoms with Crippen LogP contribution in [-0.4, -0.2) is 58.1 Å². The van der Waals surface area contributed by atoms with Crippen molar-refractivity contribution >= 4 is 10.9 Å². The molecule has 1 aliphatic rings. The fourth-order valence-corrected chi connectivity index (χ4v) is 3.27. The van der Waals surface area contributed by atoms with E-state index < -0.39 is 18.6 Å². The standard InChI is InChI=1S/C21H25F2N5O2/c1-21(2,3)28-11-13(8-26-28)16-7-17-15(5-4-6-25-17)20(27-16)29-12-14-9-24-10-18(30-14)19(22)23/h4-8,11,14,18-19,24H,9-10,12H2,1-3H3/t14-,18-/m0/s1. The van der Waals surface area contributed by atoms with Gasteiger partial charge in [-0.1, -0.05) is 0 Å². The summed E-state index contributed by atoms with van der Waals surface area (Å²) in [4.78, 5) is 9.09. The predicted octanol–water partition coefficient (Wildman–Crippen LogP) is 3.25. The van der Waals surface area contributed by atoms with Crippen LogP contribution in [0, 0.1) is 0 Å². The number of halogens is 2. The number of nitrogens with zero attached hydrogens (tertiary/aromatic N) is 4. The van der Waals surface area contributed by atoms with Gasteiger partial charge < -0.3 is 14.8 Å². The number of ether oxygens (including phenoxy) is 2. The van der Waals surface area contributed by atoms with Crippen molar-refractivity contribution in [3.8, 4) is 17.1 Å². The van der Waals surface area contributed by atoms with E-state index in [4.69, 9.17) is 9.47 Å². The molecule has 1 fully saturated rings. The van der Waals surface area contributed by atoms with Crippen LogP contribution in [0.25, 0.3) is 22.2 Å². The van der Waals surface area contributed by atoms with Crippen LogP contribution < -0.4 is 10.1 Å². The zero-order valence-corrected chi connectivity index (χ0v) is 17.2. The smallest absolute Gasteiger partial charge is 0.265 e. The Kier molecular flexibility index (Phi) is 5.66. The average Bonchev–Trinajstić information content (AvgIpc) is 3.23. The maximum atomic E-state index is 13.0. The summed E-state index contributed by atoms with van der Waals surface area (Å²) < 4.78 is 39.2. The van der Waals surface area contributed by atoms with Gasteiger partial charge in [0.2, 0.25) is 5.88 Å². The third-order valence-electron chi connectivity index (χ3n) is 4.90. The first kappa shape index (κ1) is 20.6. The molecule has 7 nitrogen and oxygen atoms in total. The van der Waals surface area contributed by atoms with E-state index in [0.29, 0.717) is 18.1 Å². The highest BCUT2D eigenvalue weighted by Gasteiger charge is 2.29. The largest absolute Gasteiger partial charge is 0.474 e. The Morgan fingerprint density at radius 2 is 2.17 bits per heavy atom. The Labute approximate surface area is 173 Å². The highest BCUT2D eigenvalue weighted by molar-refractivity contribution is 5.86. The Morgan fingerprint density at radius 3 is 2.90 bits per heavy atom. The summed E-state index contributed by atoms with van der Waals surface area (Å²) >= 11 is 0. The quantitative estimate of drug-likeness (QED) is 0.687. The van der Waals surface area contributed by atoms with E-state index in [1.54, 1.807) is 18.5 Å². The van der Waals surface area contributed by atoms with Crippen LogP contribution in [0.5, 0.6) is 5.88 Å². The van der Waals surface area contributed by atoms with E-state index in [-0.39, 0.29) is 18.7 Å². The van der Waals surface area contributed by atoms with Gasteiger partial charge in [-0.25, -0.2) is 13.8 Å². The first-order valence-electron chi connectivity index (χ1n) is 9.89. The van der Waals surface area contributed by atoms with Crippen molar-refractivity contribution in [3.63, 3.8) is 0 Å². The molecule has 0 bridgehead atoms. The molecule has 3 aromatic rings. The molecule has 1 aliphatic heterocycles. The van der Waals surface area contributed by atoms with E-state index in [1.807, 2.05) is 23.0 Å². The van der Waals surface area contributed by atoms with E-state index in [0.717, 1.165) is 16.5 Å². The molecular formula is C21H25F2N5O2. The molecule has 30 heavy (non-hydrogen) atoms. The molecular weight excluding hydrogens is 392 g/mol. The van der Waals surface area contributed by atoms with Crippen LogP contribution in [0.1, 0.15) is 20.8 Å². The van der Waals surface area contributed by atoms with Gasteiger partial charge in [0, 0.05) is 31.0 Å². The molecule has 1 N–H and O–H groups in total. The normalized spacial score (nSPS) is 20.1. The van der Waals surface area contributed by atoms with Gasteiger partial charge in [0.15, 0.2) is 0 Å². The molecule has 0 radical (unpaired) electrons. The SMILES string of the molecule is CC(C)(C)n1cc(-c2cc3ncccc3c(OC[C@@H]3CNC[C@@H](C(F)F)O3)n2)cn1. The Morgan fingerprint density at radius 1 is 1.33 bits per heavy atom. The zero-order chi connectivity index (χ0) is 21.3. The molecule has 0 spiro atoms. The number of aromatic nitrogens is 4. The highest BCUT2D eigenvalue weighted by Crippen LogP contribution is 2.29. The van der Waals surface area contributed by atoms with Gasteiger partial charge >= 0.3 is 0 Å². The summed E-state index contributed by atoms with van der Waals surface area (Å²) in [7, 11) is 0. The minimum absolute atomic E-state index is 0.109. The van der Waals surface area contributed by atoms with Crippen molar-refractivity contribution in [2.45, 2.75) is 44.9 Å². The summed E-state index contributed by atoms with van der Waals surface area (Å²) in [5, 5.41) is 8.15. The lowest BCUT2D eigenvalue weighted by atomic mass is 10.1. The summed E-state index contributed by atoms with van der Waals surface area (Å²) in [6.45, 7) is 6.89. The number of hydrogen-bond donors (Lipinski definition) is 1. The third kappa shape index (κ3) is 4.41. The van der Waals surface area contributed by atoms with Crippen molar-refractivity contribution in [1.29, 1.82) is 0 Å². The molecule has 0 amide bonds. The molecule has 0 aromatic carbocycles. The van der Waals surface area contributed by atoms with Gasteiger partial charge in [-0.3, -0.25) is 9.67 Å². The molecule has 9 heteroatoms. The maximum absolute atomic E-state index is 13.0. The van der Waals surface area contributed by atoms with Gasteiger partial charge in [-0.15, -0.1) is 0 Å². The first-order valence-corrected chi connectivity index (χ1v) is 9.89. The van der Waals surface area contributed by atoms with Crippen LogP contribution in [0.4, 0.5) is 8.78 Å². The van der Waals surface area contributed by atoms with Crippen LogP contribution in [-0.2, 0) is 10.3 Å². The number of nitrogens with one attached hydrogen (secondary N) is 1. The van der Waals surface area contributed by atoms with Gasteiger partial charge in [0.25, 0.3) is 6.43 Å². The predicted molar refractivity (Wildman–Crippen MR) is 109 cm³/mol. The second-order valence-electron chi connectivity index (χ2n) is 8.33. The number of alkyl halides is 2. The van der Waals surface area contributed by atoms with Crippen molar-refractivity contribution in [2.24, 2.45) is 0 Å². The van der Waals surface area contributed by atoms with Gasteiger partial charge in [0.05, 0.1) is 28.3 Å². The molecule has 4 heterocycles. The Bertz CT molecular complexity index is 1020. The summed E-state index contributed by atoms with van der Waals surface area (Å²) in [6, 6.07) is 5.56. The minimum Gasteiger partial charge on any atom is -0.474 e. The molecule has 0 saturated carbocycles. The van der Waals surface area contributed by atoms with Gasteiger partial charge in [-0.05, 0) is 39.0 Å². The Balaban J connectivity index is 1.60. The first-order chi connectivity index (χ1) is 14.3. The fraction of sp³-hybridized carbons (Fsp3) is 0.476. The number of fused-ring (bicyclic) bond motifs is 1. The molecule has 3 aromatic heterocycles. The van der Waals surface area contributed by atoms with E-state index >= 15 is 0 Å². The number of morpholine rings is 1. The molecule has 2 atom stereocenters. The van der Waals surface area contributed by atoms with Crippen molar-refractivity contribution in [2.75, 3.05) is 19.7 Å². The average molecular weight is 417 g/mol. The summed E-state index contributed by atoms with van der Waals surface area (Å²) in [5.74, 6) is 0.391. The zero-order valence-electron chi connectivity index (χ0n) is 17.2. The number of hydrogen-bond acceptors (Lipinski definition) is 6. The molecule has 0 aliphatic carbocycles. The van der Waals surface area contributed by atoms with Crippen LogP contribution in [0.2, 0.25) is 0 Å². The lowest BCUT2D eigenvalue weighted by molar-refractivity contribution is -0.117. The van der Waals surface area contributed by atoms with E-state index in [1.165, 1.54) is 0 Å². The topological polar surface area (TPSA) is 74.1 Å². The molecule has 4 rings (SSSR count). The summed E-state index contributed by atoms with van der Waals surface area (Å²) in [5.41, 5.74) is 2.10. The second kappa shape index (κ2) is 8.23. The van der Waals surface area contributed by atoms with Crippen LogP contribution in [0.15, 0.2) is 36.8 Å². The minimum atomic E-state index is -2.54. The van der Waals surface area contributed by atoms with Crippen molar-refractivity contribution in [1.82, 2.24) is 25.1 Å². The number of rotatable bonds is 5. The molecule has 1 saturated heterocycles. The maximum Gasteiger partial charge on any atom is 0.265 e. The molecule has 0 unspecified atom stereocenters. The lowest BCUT2D eigenvalue weighted by Gasteiger charge is -2.30. The van der Waals surface area contributed by atoms with Crippen LogP contribution in [0.3, 0.4) is 0 Å². The monoisotopic (exact) mass is 417 g/mol. The summed E-state index contributed by atoms with van der Waals surface area (Å²) in [6.07, 6.45) is 1.24. The van der Waals surface area contributed by atoms with Crippen molar-refractivity contribution < 1.29 is 18.3 Å². The molecule has 160 valence electrons. The van der Waals surface area contributed by atoms with Gasteiger partial charge in [0.1, 0.15) is 18.8 Å². The number of pyridine rings is 2. The van der Waals surface area contributed by atoms with Gasteiger partial charge in [-0.2, -0.15) is 5.10 Å². The van der Waals surface area contributed by atoms with E-state index in [9.17, 15) is 8.78 Å². The second-order valence-corrected chi connectivity index (χ2v) is 8.33. The highest BCUT2D eigenvalue weighted by atomic mass is 19.3. The fourth-order valence-electron chi connectivity index (χ4n) is 3.27. The third-order valence-corrected chi connectivity index (χ3v) is 4.90.